The molecule has 0 aliphatic carbocycles. The molecule has 2 aromatic rings. The van der Waals surface area contributed by atoms with E-state index in [0.717, 1.165) is 22.0 Å². The van der Waals surface area contributed by atoms with E-state index in [1.807, 2.05) is 19.9 Å². The monoisotopic (exact) mass is 260 g/mol. The lowest BCUT2D eigenvalue weighted by atomic mass is 10.1. The number of hydrogen-bond acceptors (Lipinski definition) is 3. The molecule has 1 heterocycles. The molecule has 0 spiro atoms. The molecule has 0 radical (unpaired) electrons. The fourth-order valence-electron chi connectivity index (χ4n) is 2.04. The second kappa shape index (κ2) is 5.14. The number of benzene rings is 1. The third-order valence-corrected chi connectivity index (χ3v) is 2.95. The fraction of sp³-hybridized carbons (Fsp3) is 0.286. The fourth-order valence-corrected chi connectivity index (χ4v) is 2.04. The van der Waals surface area contributed by atoms with E-state index < -0.39 is 5.97 Å². The van der Waals surface area contributed by atoms with E-state index >= 15 is 0 Å². The van der Waals surface area contributed by atoms with Crippen molar-refractivity contribution in [1.29, 1.82) is 0 Å². The van der Waals surface area contributed by atoms with E-state index in [2.05, 4.69) is 21.1 Å². The average Bonchev–Trinajstić information content (AvgIpc) is 2.79. The van der Waals surface area contributed by atoms with Gasteiger partial charge in [0, 0.05) is 10.9 Å². The van der Waals surface area contributed by atoms with Crippen LogP contribution in [0.25, 0.3) is 10.9 Å². The molecular formula is C14H16N2O3. The minimum absolute atomic E-state index is 0.136. The topological polar surface area (TPSA) is 71.2 Å². The van der Waals surface area contributed by atoms with Crippen molar-refractivity contribution in [2.45, 2.75) is 13.8 Å². The average molecular weight is 260 g/mol. The number of hydrogen-bond donors (Lipinski definition) is 2. The van der Waals surface area contributed by atoms with E-state index in [0.29, 0.717) is 5.69 Å². The standard InChI is InChI=1S/C14H16N2O3/c1-8-4-9(2)10-6-12(16-11(10)5-8)14(18)15-7-13(17)19-3/h4-6,16H,7H2,1-3H3,(H,15,18). The van der Waals surface area contributed by atoms with Crippen LogP contribution in [0, 0.1) is 13.8 Å². The number of amides is 1. The van der Waals surface area contributed by atoms with Gasteiger partial charge in [-0.2, -0.15) is 0 Å². The zero-order valence-electron chi connectivity index (χ0n) is 11.2. The minimum Gasteiger partial charge on any atom is -0.468 e. The van der Waals surface area contributed by atoms with Crippen LogP contribution in [0.4, 0.5) is 0 Å². The van der Waals surface area contributed by atoms with Crippen molar-refractivity contribution in [1.82, 2.24) is 10.3 Å². The van der Waals surface area contributed by atoms with Crippen LogP contribution in [0.3, 0.4) is 0 Å². The molecule has 0 fully saturated rings. The Morgan fingerprint density at radius 3 is 2.68 bits per heavy atom. The summed E-state index contributed by atoms with van der Waals surface area (Å²) in [5.41, 5.74) is 3.60. The Labute approximate surface area is 110 Å². The van der Waals surface area contributed by atoms with E-state index in [9.17, 15) is 9.59 Å². The molecule has 0 aliphatic rings. The van der Waals surface area contributed by atoms with Gasteiger partial charge in [0.05, 0.1) is 7.11 Å². The first-order valence-corrected chi connectivity index (χ1v) is 5.96. The second-order valence-electron chi connectivity index (χ2n) is 4.48. The number of H-pyrrole nitrogens is 1. The molecule has 2 N–H and O–H groups in total. The van der Waals surface area contributed by atoms with Crippen LogP contribution in [0.15, 0.2) is 18.2 Å². The van der Waals surface area contributed by atoms with Crippen LogP contribution in [-0.2, 0) is 9.53 Å². The first-order chi connectivity index (χ1) is 9.01. The molecule has 0 saturated carbocycles. The number of aromatic nitrogens is 1. The van der Waals surface area contributed by atoms with Crippen molar-refractivity contribution in [2.75, 3.05) is 13.7 Å². The van der Waals surface area contributed by atoms with Crippen LogP contribution in [-0.4, -0.2) is 30.5 Å². The lowest BCUT2D eigenvalue weighted by Crippen LogP contribution is -2.30. The van der Waals surface area contributed by atoms with Gasteiger partial charge in [0.2, 0.25) is 0 Å². The van der Waals surface area contributed by atoms with Crippen LogP contribution in [0.5, 0.6) is 0 Å². The predicted octanol–water partition coefficient (Wildman–Crippen LogP) is 1.69. The van der Waals surface area contributed by atoms with Gasteiger partial charge < -0.3 is 15.0 Å². The van der Waals surface area contributed by atoms with Gasteiger partial charge in [-0.05, 0) is 37.1 Å². The SMILES string of the molecule is COC(=O)CNC(=O)c1cc2c(C)cc(C)cc2[nH]1. The number of esters is 1. The molecule has 0 bridgehead atoms. The van der Waals surface area contributed by atoms with Gasteiger partial charge in [0.15, 0.2) is 0 Å². The minimum atomic E-state index is -0.475. The Balaban J connectivity index is 2.24. The van der Waals surface area contributed by atoms with Crippen LogP contribution < -0.4 is 5.32 Å². The number of aromatic amines is 1. The van der Waals surface area contributed by atoms with Crippen molar-refractivity contribution in [2.24, 2.45) is 0 Å². The number of aryl methyl sites for hydroxylation is 2. The quantitative estimate of drug-likeness (QED) is 0.825. The summed E-state index contributed by atoms with van der Waals surface area (Å²) in [7, 11) is 1.28. The van der Waals surface area contributed by atoms with Gasteiger partial charge in [-0.15, -0.1) is 0 Å². The van der Waals surface area contributed by atoms with Gasteiger partial charge in [0.1, 0.15) is 12.2 Å². The van der Waals surface area contributed by atoms with Crippen LogP contribution >= 0.6 is 0 Å². The van der Waals surface area contributed by atoms with Crippen molar-refractivity contribution < 1.29 is 14.3 Å². The summed E-state index contributed by atoms with van der Waals surface area (Å²) in [6.45, 7) is 3.87. The third-order valence-electron chi connectivity index (χ3n) is 2.95. The van der Waals surface area contributed by atoms with Gasteiger partial charge in [-0.25, -0.2) is 0 Å². The molecule has 1 amide bonds. The Kier molecular flexibility index (Phi) is 3.55. The smallest absolute Gasteiger partial charge is 0.325 e. The molecule has 1 aromatic carbocycles. The predicted molar refractivity (Wildman–Crippen MR) is 72.1 cm³/mol. The van der Waals surface area contributed by atoms with Gasteiger partial charge in [-0.1, -0.05) is 6.07 Å². The highest BCUT2D eigenvalue weighted by Crippen LogP contribution is 2.21. The highest BCUT2D eigenvalue weighted by Gasteiger charge is 2.12. The lowest BCUT2D eigenvalue weighted by Gasteiger charge is -2.01. The van der Waals surface area contributed by atoms with E-state index in [1.165, 1.54) is 7.11 Å². The molecule has 100 valence electrons. The highest BCUT2D eigenvalue weighted by atomic mass is 16.5. The maximum Gasteiger partial charge on any atom is 0.325 e. The van der Waals surface area contributed by atoms with Crippen molar-refractivity contribution >= 4 is 22.8 Å². The molecule has 5 heteroatoms. The molecule has 1 aromatic heterocycles. The Morgan fingerprint density at radius 2 is 2.00 bits per heavy atom. The largest absolute Gasteiger partial charge is 0.468 e. The first kappa shape index (κ1) is 13.1. The van der Waals surface area contributed by atoms with E-state index in [1.54, 1.807) is 6.07 Å². The van der Waals surface area contributed by atoms with Gasteiger partial charge in [0.25, 0.3) is 5.91 Å². The zero-order valence-corrected chi connectivity index (χ0v) is 11.2. The summed E-state index contributed by atoms with van der Waals surface area (Å²) in [5, 5.41) is 3.51. The number of fused-ring (bicyclic) bond motifs is 1. The Hall–Kier alpha value is -2.30. The van der Waals surface area contributed by atoms with E-state index in [-0.39, 0.29) is 12.5 Å². The number of nitrogens with one attached hydrogen (secondary N) is 2. The Bertz CT molecular complexity index is 643. The van der Waals surface area contributed by atoms with Crippen molar-refractivity contribution in [3.63, 3.8) is 0 Å². The van der Waals surface area contributed by atoms with Crippen LogP contribution in [0.1, 0.15) is 21.6 Å². The number of rotatable bonds is 3. The maximum atomic E-state index is 11.9. The first-order valence-electron chi connectivity index (χ1n) is 5.96. The molecule has 2 rings (SSSR count). The lowest BCUT2D eigenvalue weighted by molar-refractivity contribution is -0.139. The number of carbonyl (C=O) groups is 2. The zero-order chi connectivity index (χ0) is 14.0. The Morgan fingerprint density at radius 1 is 1.26 bits per heavy atom. The molecule has 0 saturated heterocycles. The summed E-state index contributed by atoms with van der Waals surface area (Å²) in [5.74, 6) is -0.796. The highest BCUT2D eigenvalue weighted by molar-refractivity contribution is 5.99. The second-order valence-corrected chi connectivity index (χ2v) is 4.48. The van der Waals surface area contributed by atoms with Gasteiger partial charge in [-0.3, -0.25) is 9.59 Å². The molecule has 0 atom stereocenters. The molecule has 0 unspecified atom stereocenters. The summed E-state index contributed by atoms with van der Waals surface area (Å²) >= 11 is 0. The normalized spacial score (nSPS) is 10.5. The molecular weight excluding hydrogens is 244 g/mol. The van der Waals surface area contributed by atoms with Crippen LogP contribution in [0.2, 0.25) is 0 Å². The van der Waals surface area contributed by atoms with Crippen molar-refractivity contribution in [3.8, 4) is 0 Å². The van der Waals surface area contributed by atoms with Gasteiger partial charge >= 0.3 is 5.97 Å². The number of methoxy groups -OCH3 is 1. The molecule has 0 aliphatic heterocycles. The third kappa shape index (κ3) is 2.76. The summed E-state index contributed by atoms with van der Waals surface area (Å²) in [4.78, 5) is 25.9. The number of ether oxygens (including phenoxy) is 1. The number of carbonyl (C=O) groups excluding carboxylic acids is 2. The molecule has 19 heavy (non-hydrogen) atoms. The summed E-state index contributed by atoms with van der Waals surface area (Å²) in [6.07, 6.45) is 0. The van der Waals surface area contributed by atoms with E-state index in [4.69, 9.17) is 0 Å². The van der Waals surface area contributed by atoms with Crippen molar-refractivity contribution in [3.05, 3.63) is 35.0 Å². The summed E-state index contributed by atoms with van der Waals surface area (Å²) < 4.78 is 4.47. The molecule has 5 nitrogen and oxygen atoms in total. The summed E-state index contributed by atoms with van der Waals surface area (Å²) in [6, 6.07) is 5.84. The maximum absolute atomic E-state index is 11.9.